The van der Waals surface area contributed by atoms with E-state index in [0.717, 1.165) is 21.9 Å². The van der Waals surface area contributed by atoms with E-state index in [-0.39, 0.29) is 11.7 Å². The number of amides is 1. The van der Waals surface area contributed by atoms with Crippen LogP contribution in [0, 0.1) is 5.41 Å². The molecule has 0 aliphatic heterocycles. The first-order valence-corrected chi connectivity index (χ1v) is 8.71. The van der Waals surface area contributed by atoms with Crippen LogP contribution in [0.4, 0.5) is 0 Å². The lowest BCUT2D eigenvalue weighted by Gasteiger charge is -2.28. The van der Waals surface area contributed by atoms with Crippen molar-refractivity contribution in [2.45, 2.75) is 19.1 Å². The van der Waals surface area contributed by atoms with Gasteiger partial charge in [-0.05, 0) is 23.3 Å². The second-order valence-corrected chi connectivity index (χ2v) is 6.56. The van der Waals surface area contributed by atoms with Crippen LogP contribution in [0.3, 0.4) is 0 Å². The van der Waals surface area contributed by atoms with Crippen LogP contribution in [-0.2, 0) is 21.7 Å². The van der Waals surface area contributed by atoms with Crippen molar-refractivity contribution in [1.29, 1.82) is 5.41 Å². The smallest absolute Gasteiger partial charge is 0.256 e. The van der Waals surface area contributed by atoms with Gasteiger partial charge in [-0.25, -0.2) is 0 Å². The first kappa shape index (κ1) is 18.6. The van der Waals surface area contributed by atoms with Gasteiger partial charge in [-0.15, -0.1) is 0 Å². The highest BCUT2D eigenvalue weighted by atomic mass is 16.5. The molecule has 1 amide bonds. The van der Waals surface area contributed by atoms with E-state index in [1.54, 1.807) is 26.2 Å². The number of rotatable bonds is 6. The van der Waals surface area contributed by atoms with Gasteiger partial charge in [-0.3, -0.25) is 10.2 Å². The number of hydrogen-bond acceptors (Lipinski definition) is 3. The summed E-state index contributed by atoms with van der Waals surface area (Å²) < 4.78 is 5.68. The number of nitrogen functional groups attached to an aromatic ring is 1. The maximum Gasteiger partial charge on any atom is 0.256 e. The third kappa shape index (κ3) is 3.68. The molecule has 0 radical (unpaired) electrons. The fraction of sp³-hybridized carbons (Fsp3) is 0.182. The number of amidine groups is 1. The van der Waals surface area contributed by atoms with Crippen LogP contribution in [0.15, 0.2) is 66.7 Å². The highest BCUT2D eigenvalue weighted by molar-refractivity contribution is 5.95. The second kappa shape index (κ2) is 7.60. The normalized spacial score (nSPS) is 13.1. The van der Waals surface area contributed by atoms with Crippen molar-refractivity contribution in [3.63, 3.8) is 0 Å². The molecule has 27 heavy (non-hydrogen) atoms. The Balaban J connectivity index is 1.83. The van der Waals surface area contributed by atoms with E-state index >= 15 is 0 Å². The van der Waals surface area contributed by atoms with E-state index < -0.39 is 5.60 Å². The number of fused-ring (bicyclic) bond motifs is 1. The molecule has 0 saturated carbocycles. The summed E-state index contributed by atoms with van der Waals surface area (Å²) in [6.07, 6.45) is 0. The van der Waals surface area contributed by atoms with Crippen molar-refractivity contribution in [1.82, 2.24) is 5.32 Å². The zero-order chi connectivity index (χ0) is 19.4. The molecule has 1 unspecified atom stereocenters. The van der Waals surface area contributed by atoms with Gasteiger partial charge in [-0.2, -0.15) is 0 Å². The molecule has 3 rings (SSSR count). The Hall–Kier alpha value is -3.18. The number of ether oxygens (including phenoxy) is 1. The molecule has 5 nitrogen and oxygen atoms in total. The summed E-state index contributed by atoms with van der Waals surface area (Å²) in [5, 5.41) is 12.4. The largest absolute Gasteiger partial charge is 0.384 e. The predicted octanol–water partition coefficient (Wildman–Crippen LogP) is 3.30. The maximum atomic E-state index is 13.0. The minimum absolute atomic E-state index is 0.0218. The molecule has 5 heteroatoms. The average molecular weight is 361 g/mol. The van der Waals surface area contributed by atoms with Crippen molar-refractivity contribution >= 4 is 22.5 Å². The lowest BCUT2D eigenvalue weighted by Crippen LogP contribution is -2.43. The topological polar surface area (TPSA) is 88.2 Å². The van der Waals surface area contributed by atoms with Gasteiger partial charge in [0.25, 0.3) is 5.91 Å². The van der Waals surface area contributed by atoms with E-state index in [1.165, 1.54) is 0 Å². The van der Waals surface area contributed by atoms with Crippen molar-refractivity contribution in [3.05, 3.63) is 83.4 Å². The highest BCUT2D eigenvalue weighted by Crippen LogP contribution is 2.31. The summed E-state index contributed by atoms with van der Waals surface area (Å²) in [6, 6.07) is 21.0. The van der Waals surface area contributed by atoms with E-state index in [9.17, 15) is 4.79 Å². The Labute approximate surface area is 158 Å². The van der Waals surface area contributed by atoms with Crippen LogP contribution in [0.25, 0.3) is 10.8 Å². The van der Waals surface area contributed by atoms with E-state index in [4.69, 9.17) is 15.9 Å². The maximum absolute atomic E-state index is 13.0. The molecular formula is C22H23N3O2. The van der Waals surface area contributed by atoms with Gasteiger partial charge in [0, 0.05) is 24.8 Å². The lowest BCUT2D eigenvalue weighted by atomic mass is 9.89. The minimum atomic E-state index is -1.11. The molecule has 138 valence electrons. The molecule has 0 aliphatic carbocycles. The quantitative estimate of drug-likeness (QED) is 0.465. The zero-order valence-corrected chi connectivity index (χ0v) is 15.5. The van der Waals surface area contributed by atoms with Crippen LogP contribution in [0.2, 0.25) is 0 Å². The Morgan fingerprint density at radius 3 is 2.41 bits per heavy atom. The number of nitrogens with one attached hydrogen (secondary N) is 2. The van der Waals surface area contributed by atoms with Crippen LogP contribution in [0.5, 0.6) is 0 Å². The molecule has 0 saturated heterocycles. The summed E-state index contributed by atoms with van der Waals surface area (Å²) in [5.74, 6) is -0.189. The van der Waals surface area contributed by atoms with Crippen molar-refractivity contribution in [3.8, 4) is 0 Å². The number of carbonyl (C=O) groups excluding carboxylic acids is 1. The van der Waals surface area contributed by atoms with Crippen molar-refractivity contribution in [2.75, 3.05) is 7.11 Å². The summed E-state index contributed by atoms with van der Waals surface area (Å²) in [6.45, 7) is 2.14. The molecule has 0 spiro atoms. The second-order valence-electron chi connectivity index (χ2n) is 6.56. The first-order valence-electron chi connectivity index (χ1n) is 8.71. The molecule has 0 fully saturated rings. The van der Waals surface area contributed by atoms with Crippen LogP contribution in [-0.4, -0.2) is 18.9 Å². The monoisotopic (exact) mass is 361 g/mol. The van der Waals surface area contributed by atoms with Crippen molar-refractivity contribution < 1.29 is 9.53 Å². The molecule has 0 aromatic heterocycles. The third-order valence-corrected chi connectivity index (χ3v) is 4.86. The van der Waals surface area contributed by atoms with Crippen LogP contribution < -0.4 is 11.1 Å². The predicted molar refractivity (Wildman–Crippen MR) is 108 cm³/mol. The van der Waals surface area contributed by atoms with Gasteiger partial charge < -0.3 is 15.8 Å². The summed E-state index contributed by atoms with van der Waals surface area (Å²) >= 11 is 0. The lowest BCUT2D eigenvalue weighted by molar-refractivity contribution is -0.142. The Bertz CT molecular complexity index is 977. The van der Waals surface area contributed by atoms with Gasteiger partial charge in [0.05, 0.1) is 0 Å². The number of carbonyl (C=O) groups is 1. The highest BCUT2D eigenvalue weighted by Gasteiger charge is 2.36. The van der Waals surface area contributed by atoms with E-state index in [1.807, 2.05) is 54.6 Å². The van der Waals surface area contributed by atoms with Gasteiger partial charge in [0.2, 0.25) is 0 Å². The SMILES string of the molecule is COC(C)(C(=O)NCc1ccc(C(=N)N)cc1)c1cccc2ccccc12. The van der Waals surface area contributed by atoms with E-state index in [0.29, 0.717) is 12.1 Å². The molecule has 0 aliphatic rings. The number of methoxy groups -OCH3 is 1. The summed E-state index contributed by atoms with van der Waals surface area (Å²) in [5.41, 5.74) is 6.76. The Morgan fingerprint density at radius 2 is 1.74 bits per heavy atom. The van der Waals surface area contributed by atoms with Crippen LogP contribution >= 0.6 is 0 Å². The number of hydrogen-bond donors (Lipinski definition) is 3. The standard InChI is InChI=1S/C22H23N3O2/c1-22(27-2,19-9-5-7-16-6-3-4-8-18(16)19)21(26)25-14-15-10-12-17(13-11-15)20(23)24/h3-13H,14H2,1-2H3,(H3,23,24)(H,25,26). The first-order chi connectivity index (χ1) is 13.0. The molecule has 3 aromatic rings. The average Bonchev–Trinajstić information content (AvgIpc) is 2.71. The van der Waals surface area contributed by atoms with Gasteiger partial charge in [-0.1, -0.05) is 66.7 Å². The molecule has 0 bridgehead atoms. The van der Waals surface area contributed by atoms with Crippen LogP contribution in [0.1, 0.15) is 23.6 Å². The summed E-state index contributed by atoms with van der Waals surface area (Å²) in [7, 11) is 1.54. The summed E-state index contributed by atoms with van der Waals surface area (Å²) in [4.78, 5) is 13.0. The number of nitrogens with two attached hydrogens (primary N) is 1. The third-order valence-electron chi connectivity index (χ3n) is 4.86. The number of benzene rings is 3. The molecule has 0 heterocycles. The Kier molecular flexibility index (Phi) is 5.23. The molecule has 1 atom stereocenters. The Morgan fingerprint density at radius 1 is 1.07 bits per heavy atom. The van der Waals surface area contributed by atoms with Gasteiger partial charge >= 0.3 is 0 Å². The van der Waals surface area contributed by atoms with Gasteiger partial charge in [0.1, 0.15) is 5.84 Å². The fourth-order valence-electron chi connectivity index (χ4n) is 3.12. The van der Waals surface area contributed by atoms with Gasteiger partial charge in [0.15, 0.2) is 5.60 Å². The fourth-order valence-corrected chi connectivity index (χ4v) is 3.12. The van der Waals surface area contributed by atoms with Crippen molar-refractivity contribution in [2.24, 2.45) is 5.73 Å². The minimum Gasteiger partial charge on any atom is -0.384 e. The molecule has 4 N–H and O–H groups in total. The zero-order valence-electron chi connectivity index (χ0n) is 15.5. The molecule has 3 aromatic carbocycles. The van der Waals surface area contributed by atoms with E-state index in [2.05, 4.69) is 5.32 Å². The molecular weight excluding hydrogens is 338 g/mol.